The van der Waals surface area contributed by atoms with E-state index in [0.717, 1.165) is 17.8 Å². The molecule has 0 bridgehead atoms. The van der Waals surface area contributed by atoms with Crippen molar-refractivity contribution in [2.45, 2.75) is 12.5 Å². The molecule has 0 radical (unpaired) electrons. The number of hydrogen-bond donors (Lipinski definition) is 0. The summed E-state index contributed by atoms with van der Waals surface area (Å²) in [6.07, 6.45) is 4.17. The Morgan fingerprint density at radius 3 is 2.41 bits per heavy atom. The van der Waals surface area contributed by atoms with Crippen LogP contribution in [-0.4, -0.2) is 82.2 Å². The van der Waals surface area contributed by atoms with Gasteiger partial charge in [0.25, 0.3) is 5.91 Å². The molecule has 0 aliphatic carbocycles. The van der Waals surface area contributed by atoms with Crippen molar-refractivity contribution in [1.29, 1.82) is 5.26 Å². The number of benzene rings is 1. The van der Waals surface area contributed by atoms with E-state index in [1.54, 1.807) is 9.80 Å². The molecule has 2 saturated heterocycles. The Kier molecular flexibility index (Phi) is 6.47. The standard InChI is InChI=1S/C24H21F3N8O2/c25-17-9-16(10-18(26)11-17)20-2-4-30-35(20)24(37)33-7-5-32(6-8-33)23-29-12-19(27)21(31-23)22(36)34-13-15(14-34)1-3-28/h1,4,9-12,20H,2,5-8,13-14H2/t20-/m0/s1. The van der Waals surface area contributed by atoms with Gasteiger partial charge in [0.15, 0.2) is 11.5 Å². The van der Waals surface area contributed by atoms with Crippen molar-refractivity contribution >= 4 is 24.1 Å². The summed E-state index contributed by atoms with van der Waals surface area (Å²) in [5, 5.41) is 14.0. The number of amides is 3. The monoisotopic (exact) mass is 510 g/mol. The van der Waals surface area contributed by atoms with Gasteiger partial charge in [0, 0.05) is 64.0 Å². The van der Waals surface area contributed by atoms with Gasteiger partial charge in [-0.2, -0.15) is 10.4 Å². The third-order valence-electron chi connectivity index (χ3n) is 6.41. The molecule has 2 fully saturated rings. The van der Waals surface area contributed by atoms with Crippen LogP contribution in [0, 0.1) is 28.8 Å². The lowest BCUT2D eigenvalue weighted by atomic mass is 10.0. The van der Waals surface area contributed by atoms with Gasteiger partial charge in [-0.05, 0) is 23.3 Å². The predicted molar refractivity (Wildman–Crippen MR) is 125 cm³/mol. The van der Waals surface area contributed by atoms with Crippen LogP contribution in [0.3, 0.4) is 0 Å². The Balaban J connectivity index is 1.23. The van der Waals surface area contributed by atoms with E-state index in [4.69, 9.17) is 5.26 Å². The molecule has 0 N–H and O–H groups in total. The Morgan fingerprint density at radius 2 is 1.73 bits per heavy atom. The second-order valence-electron chi connectivity index (χ2n) is 8.81. The quantitative estimate of drug-likeness (QED) is 0.587. The number of likely N-dealkylation sites (tertiary alicyclic amines) is 1. The lowest BCUT2D eigenvalue weighted by Crippen LogP contribution is -2.52. The number of nitrogens with zero attached hydrogens (tertiary/aromatic N) is 8. The van der Waals surface area contributed by atoms with Crippen molar-refractivity contribution in [1.82, 2.24) is 24.8 Å². The van der Waals surface area contributed by atoms with Gasteiger partial charge in [-0.3, -0.25) is 4.79 Å². The highest BCUT2D eigenvalue weighted by Gasteiger charge is 2.34. The van der Waals surface area contributed by atoms with Crippen molar-refractivity contribution in [3.8, 4) is 6.07 Å². The SMILES string of the molecule is N#CC=C1CN(C(=O)c2nc(N3CCN(C(=O)N4N=CC[C@H]4c4cc(F)cc(F)c4)CC3)ncc2F)C1. The topological polar surface area (TPSA) is 109 Å². The fraction of sp³-hybridized carbons (Fsp3) is 0.333. The summed E-state index contributed by atoms with van der Waals surface area (Å²) in [6.45, 7) is 1.67. The van der Waals surface area contributed by atoms with Crippen LogP contribution in [0.5, 0.6) is 0 Å². The minimum atomic E-state index is -0.841. The van der Waals surface area contributed by atoms with E-state index in [0.29, 0.717) is 25.1 Å². The Hall–Kier alpha value is -4.47. The first-order valence-corrected chi connectivity index (χ1v) is 11.5. The van der Waals surface area contributed by atoms with Crippen LogP contribution in [0.1, 0.15) is 28.5 Å². The highest BCUT2D eigenvalue weighted by molar-refractivity contribution is 5.94. The molecule has 190 valence electrons. The second-order valence-corrected chi connectivity index (χ2v) is 8.81. The fourth-order valence-electron chi connectivity index (χ4n) is 4.47. The number of halogens is 3. The molecular weight excluding hydrogens is 489 g/mol. The zero-order valence-electron chi connectivity index (χ0n) is 19.5. The summed E-state index contributed by atoms with van der Waals surface area (Å²) in [4.78, 5) is 38.6. The van der Waals surface area contributed by atoms with Crippen molar-refractivity contribution in [3.63, 3.8) is 0 Å². The van der Waals surface area contributed by atoms with E-state index in [9.17, 15) is 22.8 Å². The molecule has 37 heavy (non-hydrogen) atoms. The summed E-state index contributed by atoms with van der Waals surface area (Å²) in [5.41, 5.74) is 0.742. The van der Waals surface area contributed by atoms with E-state index in [1.807, 2.05) is 6.07 Å². The number of aromatic nitrogens is 2. The first kappa shape index (κ1) is 24.2. The predicted octanol–water partition coefficient (Wildman–Crippen LogP) is 2.47. The zero-order chi connectivity index (χ0) is 26.1. The normalized spacial score (nSPS) is 19.1. The van der Waals surface area contributed by atoms with Crippen LogP contribution in [0.25, 0.3) is 0 Å². The molecule has 0 unspecified atom stereocenters. The van der Waals surface area contributed by atoms with Crippen LogP contribution in [0.4, 0.5) is 23.9 Å². The van der Waals surface area contributed by atoms with E-state index in [1.165, 1.54) is 34.3 Å². The number of rotatable bonds is 3. The third-order valence-corrected chi connectivity index (χ3v) is 6.41. The molecule has 10 nitrogen and oxygen atoms in total. The number of hydrogen-bond acceptors (Lipinski definition) is 7. The molecular formula is C24H21F3N8O2. The highest BCUT2D eigenvalue weighted by Crippen LogP contribution is 2.30. The van der Waals surface area contributed by atoms with Crippen LogP contribution in [0.2, 0.25) is 0 Å². The molecule has 0 spiro atoms. The number of allylic oxidation sites excluding steroid dienone is 1. The number of urea groups is 1. The first-order valence-electron chi connectivity index (χ1n) is 11.5. The number of anilines is 1. The van der Waals surface area contributed by atoms with Crippen LogP contribution >= 0.6 is 0 Å². The minimum Gasteiger partial charge on any atom is -0.337 e. The summed E-state index contributed by atoms with van der Waals surface area (Å²) >= 11 is 0. The number of piperazine rings is 1. The lowest BCUT2D eigenvalue weighted by Gasteiger charge is -2.37. The molecule has 1 aromatic carbocycles. The molecule has 4 heterocycles. The van der Waals surface area contributed by atoms with Crippen molar-refractivity contribution < 1.29 is 22.8 Å². The Morgan fingerprint density at radius 1 is 1.03 bits per heavy atom. The molecule has 3 aliphatic heterocycles. The van der Waals surface area contributed by atoms with Gasteiger partial charge in [0.1, 0.15) is 11.6 Å². The molecule has 13 heteroatoms. The first-order chi connectivity index (χ1) is 17.8. The van der Waals surface area contributed by atoms with Crippen molar-refractivity contribution in [2.75, 3.05) is 44.2 Å². The maximum Gasteiger partial charge on any atom is 0.341 e. The summed E-state index contributed by atoms with van der Waals surface area (Å²) in [6, 6.07) is 4.03. The molecule has 1 atom stereocenters. The minimum absolute atomic E-state index is 0.164. The maximum atomic E-state index is 14.3. The van der Waals surface area contributed by atoms with Gasteiger partial charge in [-0.25, -0.2) is 32.9 Å². The van der Waals surface area contributed by atoms with Crippen molar-refractivity contribution in [2.24, 2.45) is 5.10 Å². The van der Waals surface area contributed by atoms with E-state index < -0.39 is 35.4 Å². The summed E-state index contributed by atoms with van der Waals surface area (Å²) in [7, 11) is 0. The largest absolute Gasteiger partial charge is 0.341 e. The number of hydrazone groups is 1. The average molecular weight is 510 g/mol. The highest BCUT2D eigenvalue weighted by atomic mass is 19.1. The fourth-order valence-corrected chi connectivity index (χ4v) is 4.47. The van der Waals surface area contributed by atoms with Gasteiger partial charge < -0.3 is 14.7 Å². The molecule has 5 rings (SSSR count). The number of carbonyl (C=O) groups is 2. The Bertz CT molecular complexity index is 1320. The smallest absolute Gasteiger partial charge is 0.337 e. The molecule has 2 aromatic rings. The van der Waals surface area contributed by atoms with Crippen LogP contribution < -0.4 is 4.90 Å². The molecule has 1 aromatic heterocycles. The number of nitriles is 1. The third kappa shape index (κ3) is 4.82. The van der Waals surface area contributed by atoms with Gasteiger partial charge in [0.05, 0.1) is 18.3 Å². The zero-order valence-corrected chi connectivity index (χ0v) is 19.5. The number of carbonyl (C=O) groups excluding carboxylic acids is 2. The van der Waals surface area contributed by atoms with Crippen LogP contribution in [-0.2, 0) is 0 Å². The Labute approximate surface area is 209 Å². The van der Waals surface area contributed by atoms with Gasteiger partial charge in [-0.1, -0.05) is 0 Å². The molecule has 0 saturated carbocycles. The van der Waals surface area contributed by atoms with E-state index in [-0.39, 0.29) is 37.8 Å². The average Bonchev–Trinajstić information content (AvgIpc) is 3.35. The van der Waals surface area contributed by atoms with E-state index >= 15 is 0 Å². The van der Waals surface area contributed by atoms with Gasteiger partial charge >= 0.3 is 6.03 Å². The van der Waals surface area contributed by atoms with Crippen molar-refractivity contribution in [3.05, 3.63) is 64.8 Å². The van der Waals surface area contributed by atoms with E-state index in [2.05, 4.69) is 15.1 Å². The maximum absolute atomic E-state index is 14.3. The van der Waals surface area contributed by atoms with Gasteiger partial charge in [0.2, 0.25) is 5.95 Å². The second kappa shape index (κ2) is 9.88. The molecule has 3 amide bonds. The lowest BCUT2D eigenvalue weighted by molar-refractivity contribution is 0.0715. The summed E-state index contributed by atoms with van der Waals surface area (Å²) < 4.78 is 41.8. The molecule has 3 aliphatic rings. The van der Waals surface area contributed by atoms with Crippen LogP contribution in [0.15, 0.2) is 41.1 Å². The van der Waals surface area contributed by atoms with Gasteiger partial charge in [-0.15, -0.1) is 0 Å². The summed E-state index contributed by atoms with van der Waals surface area (Å²) in [5.74, 6) is -2.72.